The summed E-state index contributed by atoms with van der Waals surface area (Å²) in [5.74, 6) is -0.564. The van der Waals surface area contributed by atoms with E-state index in [2.05, 4.69) is 22.1 Å². The smallest absolute Gasteiger partial charge is 0.338 e. The van der Waals surface area contributed by atoms with Gasteiger partial charge in [-0.1, -0.05) is 85.6 Å². The van der Waals surface area contributed by atoms with Crippen molar-refractivity contribution >= 4 is 67.7 Å². The van der Waals surface area contributed by atoms with Gasteiger partial charge in [-0.3, -0.25) is 19.6 Å². The molecule has 0 fully saturated rings. The lowest BCUT2D eigenvalue weighted by Gasteiger charge is -2.12. The van der Waals surface area contributed by atoms with Crippen molar-refractivity contribution in [3.8, 4) is 0 Å². The molecule has 4 heterocycles. The summed E-state index contributed by atoms with van der Waals surface area (Å²) in [6.07, 6.45) is 9.45. The Morgan fingerprint density at radius 2 is 0.924 bits per heavy atom. The lowest BCUT2D eigenvalue weighted by atomic mass is 9.93. The van der Waals surface area contributed by atoms with E-state index in [1.165, 1.54) is 0 Å². The topological polar surface area (TPSA) is 113 Å². The van der Waals surface area contributed by atoms with Gasteiger partial charge < -0.3 is 9.47 Å². The Kier molecular flexibility index (Phi) is 15.8. The number of Topliss-reactive ketones (excluding diaryl/α,β-unsaturated/α-hetero) is 2. The number of pyridine rings is 2. The Hall–Kier alpha value is -6.62. The summed E-state index contributed by atoms with van der Waals surface area (Å²) in [7, 11) is 0. The molecule has 4 aromatic carbocycles. The highest BCUT2D eigenvalue weighted by molar-refractivity contribution is 7.12. The van der Waals surface area contributed by atoms with Crippen molar-refractivity contribution in [3.63, 3.8) is 0 Å². The molecule has 2 unspecified atom stereocenters. The first-order valence-electron chi connectivity index (χ1n) is 22.3. The van der Waals surface area contributed by atoms with E-state index in [9.17, 15) is 19.2 Å². The summed E-state index contributed by atoms with van der Waals surface area (Å²) in [5, 5.41) is 4.32. The molecule has 10 heteroatoms. The lowest BCUT2D eigenvalue weighted by molar-refractivity contribution is -0.120. The third-order valence-electron chi connectivity index (χ3n) is 11.7. The number of rotatable bonds is 16. The van der Waals surface area contributed by atoms with Crippen molar-refractivity contribution in [1.82, 2.24) is 9.97 Å². The van der Waals surface area contributed by atoms with Crippen LogP contribution in [0.4, 0.5) is 0 Å². The van der Waals surface area contributed by atoms with Crippen molar-refractivity contribution < 1.29 is 28.7 Å². The molecule has 0 aliphatic heterocycles. The monoisotopic (exact) mass is 914 g/mol. The molecule has 0 spiro atoms. The second-order valence-corrected chi connectivity index (χ2v) is 19.1. The standard InChI is InChI=1S/2C28H27NO3S/c2*1-4-24(26(30)15-20-6-7-22-16-29-12-11-21(22)14-20)27-10-8-23(33-27)17-32-28(31)25-9-5-18(2)13-19(25)3/h2*5-14,16,24H,4,15,17H2,1-3H3. The minimum atomic E-state index is -0.322. The molecule has 0 N–H and O–H groups in total. The van der Waals surface area contributed by atoms with Crippen molar-refractivity contribution in [1.29, 1.82) is 0 Å². The van der Waals surface area contributed by atoms with Crippen LogP contribution in [0.1, 0.15) is 112 Å². The maximum absolute atomic E-state index is 13.1. The molecule has 66 heavy (non-hydrogen) atoms. The van der Waals surface area contributed by atoms with Gasteiger partial charge in [0.15, 0.2) is 0 Å². The molecule has 8 rings (SSSR count). The number of aryl methyl sites for hydroxylation is 4. The molecule has 0 aliphatic rings. The molecular formula is C56H54N2O6S2. The number of hydrogen-bond donors (Lipinski definition) is 0. The van der Waals surface area contributed by atoms with Gasteiger partial charge in [0.05, 0.1) is 23.0 Å². The average Bonchev–Trinajstić information content (AvgIpc) is 3.98. The highest BCUT2D eigenvalue weighted by Gasteiger charge is 2.23. The van der Waals surface area contributed by atoms with Crippen molar-refractivity contribution in [2.24, 2.45) is 0 Å². The molecular weight excluding hydrogens is 861 g/mol. The Morgan fingerprint density at radius 3 is 1.32 bits per heavy atom. The third-order valence-corrected chi connectivity index (χ3v) is 14.1. The normalized spacial score (nSPS) is 12.0. The average molecular weight is 915 g/mol. The van der Waals surface area contributed by atoms with Crippen LogP contribution in [-0.4, -0.2) is 33.5 Å². The number of hydrogen-bond acceptors (Lipinski definition) is 10. The Bertz CT molecular complexity index is 2820. The Morgan fingerprint density at radius 1 is 0.500 bits per heavy atom. The number of thiophene rings is 2. The fraction of sp³-hybridized carbons (Fsp3) is 0.250. The van der Waals surface area contributed by atoms with Crippen LogP contribution < -0.4 is 0 Å². The molecule has 4 aromatic heterocycles. The van der Waals surface area contributed by atoms with Gasteiger partial charge in [-0.25, -0.2) is 9.59 Å². The summed E-state index contributed by atoms with van der Waals surface area (Å²) >= 11 is 3.09. The molecule has 0 aliphatic carbocycles. The maximum atomic E-state index is 13.1. The van der Waals surface area contributed by atoms with Gasteiger partial charge in [-0.2, -0.15) is 0 Å². The summed E-state index contributed by atoms with van der Waals surface area (Å²) in [6.45, 7) is 12.3. The number of carbonyl (C=O) groups excluding carboxylic acids is 4. The molecule has 0 radical (unpaired) electrons. The van der Waals surface area contributed by atoms with Gasteiger partial charge in [0.1, 0.15) is 24.8 Å². The minimum Gasteiger partial charge on any atom is -0.456 e. The van der Waals surface area contributed by atoms with Gasteiger partial charge in [0.2, 0.25) is 0 Å². The van der Waals surface area contributed by atoms with Crippen LogP contribution in [0, 0.1) is 27.7 Å². The first-order valence-corrected chi connectivity index (χ1v) is 23.9. The van der Waals surface area contributed by atoms with Crippen LogP contribution in [-0.2, 0) is 45.1 Å². The SMILES string of the molecule is CCC(C(=O)Cc1ccc2cnccc2c1)c1ccc(COC(=O)c2ccc(C)cc2C)s1.CCC(C(=O)Cc1ccc2cnccc2c1)c1ccc(COC(=O)c2ccc(C)cc2C)s1. The van der Waals surface area contributed by atoms with Crippen molar-refractivity contribution in [2.75, 3.05) is 0 Å². The zero-order valence-electron chi connectivity index (χ0n) is 38.3. The van der Waals surface area contributed by atoms with Gasteiger partial charge in [-0.05, 0) is 122 Å². The number of ether oxygens (including phenoxy) is 2. The highest BCUT2D eigenvalue weighted by Crippen LogP contribution is 2.32. The van der Waals surface area contributed by atoms with E-state index in [0.29, 0.717) is 24.0 Å². The van der Waals surface area contributed by atoms with E-state index in [4.69, 9.17) is 9.47 Å². The van der Waals surface area contributed by atoms with Crippen molar-refractivity contribution in [3.05, 3.63) is 198 Å². The number of carbonyl (C=O) groups is 4. The fourth-order valence-corrected chi connectivity index (χ4v) is 10.4. The largest absolute Gasteiger partial charge is 0.456 e. The number of esters is 2. The summed E-state index contributed by atoms with van der Waals surface area (Å²) < 4.78 is 11.1. The van der Waals surface area contributed by atoms with Crippen LogP contribution in [0.25, 0.3) is 21.5 Å². The van der Waals surface area contributed by atoms with Crippen LogP contribution in [0.3, 0.4) is 0 Å². The van der Waals surface area contributed by atoms with E-state index < -0.39 is 0 Å². The van der Waals surface area contributed by atoms with Crippen LogP contribution in [0.5, 0.6) is 0 Å². The second kappa shape index (κ2) is 22.0. The van der Waals surface area contributed by atoms with E-state index in [0.717, 1.165) is 87.3 Å². The number of benzene rings is 4. The van der Waals surface area contributed by atoms with Gasteiger partial charge in [-0.15, -0.1) is 22.7 Å². The highest BCUT2D eigenvalue weighted by atomic mass is 32.1. The van der Waals surface area contributed by atoms with Crippen LogP contribution in [0.2, 0.25) is 0 Å². The quantitative estimate of drug-likeness (QED) is 0.0881. The molecule has 0 saturated heterocycles. The van der Waals surface area contributed by atoms with E-state index in [1.54, 1.807) is 35.1 Å². The predicted molar refractivity (Wildman–Crippen MR) is 266 cm³/mol. The van der Waals surface area contributed by atoms with Crippen LogP contribution in [0.15, 0.2) is 134 Å². The molecule has 8 aromatic rings. The zero-order valence-corrected chi connectivity index (χ0v) is 39.9. The molecule has 336 valence electrons. The molecule has 2 atom stereocenters. The number of aromatic nitrogens is 2. The van der Waals surface area contributed by atoms with E-state index in [1.807, 2.05) is 151 Å². The molecule has 0 amide bonds. The Balaban J connectivity index is 0.000000196. The molecule has 0 bridgehead atoms. The fourth-order valence-electron chi connectivity index (χ4n) is 8.14. The lowest BCUT2D eigenvalue weighted by Crippen LogP contribution is -2.13. The first kappa shape index (κ1) is 47.3. The molecule has 8 nitrogen and oxygen atoms in total. The minimum absolute atomic E-state index is 0.160. The summed E-state index contributed by atoms with van der Waals surface area (Å²) in [5.41, 5.74) is 7.25. The zero-order chi connectivity index (χ0) is 46.7. The Labute approximate surface area is 394 Å². The summed E-state index contributed by atoms with van der Waals surface area (Å²) in [4.78, 5) is 63.4. The van der Waals surface area contributed by atoms with E-state index >= 15 is 0 Å². The first-order chi connectivity index (χ1) is 31.9. The van der Waals surface area contributed by atoms with Crippen molar-refractivity contribution in [2.45, 2.75) is 92.3 Å². The van der Waals surface area contributed by atoms with Gasteiger partial charge in [0.25, 0.3) is 0 Å². The second-order valence-electron chi connectivity index (χ2n) is 16.7. The molecule has 0 saturated carbocycles. The maximum Gasteiger partial charge on any atom is 0.338 e. The van der Waals surface area contributed by atoms with E-state index in [-0.39, 0.29) is 48.6 Å². The predicted octanol–water partition coefficient (Wildman–Crippen LogP) is 13.2. The third kappa shape index (κ3) is 12.0. The van der Waals surface area contributed by atoms with Crippen LogP contribution >= 0.6 is 22.7 Å². The number of fused-ring (bicyclic) bond motifs is 2. The van der Waals surface area contributed by atoms with Gasteiger partial charge >= 0.3 is 11.9 Å². The number of nitrogens with zero attached hydrogens (tertiary/aromatic N) is 2. The summed E-state index contributed by atoms with van der Waals surface area (Å²) in [6, 6.07) is 35.4. The van der Waals surface area contributed by atoms with Gasteiger partial charge in [0, 0.05) is 67.9 Å². The number of ketones is 2.